The van der Waals surface area contributed by atoms with Crippen LogP contribution in [0.2, 0.25) is 0 Å². The van der Waals surface area contributed by atoms with E-state index in [0.717, 1.165) is 12.8 Å². The maximum absolute atomic E-state index is 3.24. The van der Waals surface area contributed by atoms with Crippen molar-refractivity contribution in [2.24, 2.45) is 0 Å². The summed E-state index contributed by atoms with van der Waals surface area (Å²) in [5.41, 5.74) is 2.71. The van der Waals surface area contributed by atoms with Gasteiger partial charge in [-0.25, -0.2) is 0 Å². The highest BCUT2D eigenvalue weighted by Crippen LogP contribution is 2.21. The molecule has 0 saturated carbocycles. The summed E-state index contributed by atoms with van der Waals surface area (Å²) in [7, 11) is 0. The number of hydrogen-bond acceptors (Lipinski definition) is 1. The van der Waals surface area contributed by atoms with Gasteiger partial charge >= 0.3 is 0 Å². The van der Waals surface area contributed by atoms with Crippen LogP contribution < -0.4 is 5.32 Å². The molecule has 1 radical (unpaired) electrons. The molecule has 1 heterocycles. The maximum atomic E-state index is 3.24. The molecule has 0 aromatic carbocycles. The number of nitrogens with one attached hydrogen (secondary N) is 1. The lowest BCUT2D eigenvalue weighted by atomic mass is 10.00. The number of hydrogen-bond donors (Lipinski definition) is 1. The monoisotopic (exact) mass is 132 g/mol. The molecule has 1 nitrogen and oxygen atoms in total. The molecule has 0 unspecified atom stereocenters. The van der Waals surface area contributed by atoms with Crippen LogP contribution in [0.3, 0.4) is 0 Å². The van der Waals surface area contributed by atoms with Crippen LogP contribution in [-0.2, 0) is 0 Å². The summed E-state index contributed by atoms with van der Waals surface area (Å²) in [6.07, 6.45) is 10.8. The van der Waals surface area contributed by atoms with Crippen molar-refractivity contribution in [1.82, 2.24) is 5.32 Å². The maximum Gasteiger partial charge on any atom is 0.0500 e. The summed E-state index contributed by atoms with van der Waals surface area (Å²) in [5.74, 6) is 0. The highest BCUT2D eigenvalue weighted by Gasteiger charge is 2.08. The first-order chi connectivity index (χ1) is 4.97. The van der Waals surface area contributed by atoms with Crippen molar-refractivity contribution in [3.8, 4) is 0 Å². The molecule has 10 heavy (non-hydrogen) atoms. The molecule has 0 amide bonds. The van der Waals surface area contributed by atoms with Crippen molar-refractivity contribution in [2.75, 3.05) is 0 Å². The second-order valence-corrected chi connectivity index (χ2v) is 2.53. The Morgan fingerprint density at radius 3 is 3.30 bits per heavy atom. The van der Waals surface area contributed by atoms with Crippen LogP contribution in [0.1, 0.15) is 12.8 Å². The van der Waals surface area contributed by atoms with Crippen molar-refractivity contribution in [1.29, 1.82) is 0 Å². The first-order valence-electron chi connectivity index (χ1n) is 3.61. The Kier molecular flexibility index (Phi) is 1.35. The molecule has 0 aromatic heterocycles. The topological polar surface area (TPSA) is 12.0 Å². The Hall–Kier alpha value is -0.980. The van der Waals surface area contributed by atoms with Gasteiger partial charge in [-0.05, 0) is 24.5 Å². The molecule has 1 N–H and O–H groups in total. The zero-order valence-corrected chi connectivity index (χ0v) is 5.80. The molecule has 0 saturated heterocycles. The SMILES string of the molecule is [CH]1CC=C2CC=CC=C2N1. The zero-order valence-electron chi connectivity index (χ0n) is 5.80. The Morgan fingerprint density at radius 2 is 2.40 bits per heavy atom. The van der Waals surface area contributed by atoms with Crippen molar-refractivity contribution in [2.45, 2.75) is 12.8 Å². The highest BCUT2D eigenvalue weighted by atomic mass is 14.9. The summed E-state index contributed by atoms with van der Waals surface area (Å²) in [6, 6.07) is 0. The standard InChI is InChI=1S/C9H10N/c1-2-6-9-8(4-1)5-3-7-10-9/h1-2,5-7,10H,3-4H2. The molecule has 1 aliphatic heterocycles. The van der Waals surface area contributed by atoms with Crippen LogP contribution in [0.4, 0.5) is 0 Å². The van der Waals surface area contributed by atoms with Gasteiger partial charge in [0.15, 0.2) is 0 Å². The second kappa shape index (κ2) is 2.33. The Bertz CT molecular complexity index is 221. The Labute approximate surface area is 61.1 Å². The predicted molar refractivity (Wildman–Crippen MR) is 42.0 cm³/mol. The lowest BCUT2D eigenvalue weighted by Gasteiger charge is -2.19. The van der Waals surface area contributed by atoms with E-state index in [-0.39, 0.29) is 0 Å². The normalized spacial score (nSPS) is 22.4. The van der Waals surface area contributed by atoms with Crippen LogP contribution in [-0.4, -0.2) is 0 Å². The minimum Gasteiger partial charge on any atom is -0.380 e. The van der Waals surface area contributed by atoms with Gasteiger partial charge < -0.3 is 5.32 Å². The van der Waals surface area contributed by atoms with Gasteiger partial charge in [0.25, 0.3) is 0 Å². The second-order valence-electron chi connectivity index (χ2n) is 2.53. The fourth-order valence-corrected chi connectivity index (χ4v) is 1.28. The molecule has 1 heteroatoms. The highest BCUT2D eigenvalue weighted by molar-refractivity contribution is 5.40. The summed E-state index contributed by atoms with van der Waals surface area (Å²) in [5, 5.41) is 3.24. The molecule has 51 valence electrons. The predicted octanol–water partition coefficient (Wildman–Crippen LogP) is 1.91. The van der Waals surface area contributed by atoms with Crippen molar-refractivity contribution >= 4 is 0 Å². The van der Waals surface area contributed by atoms with E-state index in [4.69, 9.17) is 0 Å². The first-order valence-corrected chi connectivity index (χ1v) is 3.61. The zero-order chi connectivity index (χ0) is 6.81. The third-order valence-electron chi connectivity index (χ3n) is 1.82. The van der Waals surface area contributed by atoms with E-state index < -0.39 is 0 Å². The fourth-order valence-electron chi connectivity index (χ4n) is 1.28. The minimum atomic E-state index is 1.06. The number of rotatable bonds is 0. The lowest BCUT2D eigenvalue weighted by Crippen LogP contribution is -2.16. The van der Waals surface area contributed by atoms with Gasteiger partial charge in [0.2, 0.25) is 0 Å². The van der Waals surface area contributed by atoms with Gasteiger partial charge in [-0.15, -0.1) is 0 Å². The van der Waals surface area contributed by atoms with E-state index >= 15 is 0 Å². The van der Waals surface area contributed by atoms with E-state index in [9.17, 15) is 0 Å². The lowest BCUT2D eigenvalue weighted by molar-refractivity contribution is 0.862. The molecule has 2 aliphatic rings. The molecular formula is C9H10N. The molecule has 0 fully saturated rings. The fraction of sp³-hybridized carbons (Fsp3) is 0.222. The third-order valence-corrected chi connectivity index (χ3v) is 1.82. The van der Waals surface area contributed by atoms with E-state index in [1.807, 2.05) is 0 Å². The van der Waals surface area contributed by atoms with Crippen LogP contribution in [0.25, 0.3) is 0 Å². The van der Waals surface area contributed by atoms with Crippen LogP contribution in [0.5, 0.6) is 0 Å². The quantitative estimate of drug-likeness (QED) is 0.531. The molecule has 2 rings (SSSR count). The van der Waals surface area contributed by atoms with Gasteiger partial charge in [0, 0.05) is 12.2 Å². The van der Waals surface area contributed by atoms with Crippen molar-refractivity contribution < 1.29 is 0 Å². The van der Waals surface area contributed by atoms with E-state index in [1.165, 1.54) is 11.3 Å². The summed E-state index contributed by atoms with van der Waals surface area (Å²) >= 11 is 0. The molecule has 0 aromatic rings. The van der Waals surface area contributed by atoms with E-state index in [0.29, 0.717) is 0 Å². The molecule has 1 aliphatic carbocycles. The van der Waals surface area contributed by atoms with Crippen molar-refractivity contribution in [3.05, 3.63) is 42.1 Å². The molecule has 0 atom stereocenters. The first kappa shape index (κ1) is 5.78. The summed E-state index contributed by atoms with van der Waals surface area (Å²) in [6.45, 7) is 2.08. The molecular weight excluding hydrogens is 122 g/mol. The number of allylic oxidation sites excluding steroid dienone is 4. The largest absolute Gasteiger partial charge is 0.380 e. The third kappa shape index (κ3) is 0.878. The van der Waals surface area contributed by atoms with E-state index in [2.05, 4.69) is 36.2 Å². The van der Waals surface area contributed by atoms with Gasteiger partial charge in [-0.2, -0.15) is 0 Å². The molecule has 0 spiro atoms. The minimum absolute atomic E-state index is 1.06. The Balaban J connectivity index is 2.32. The number of fused-ring (bicyclic) bond motifs is 1. The molecule has 0 bridgehead atoms. The van der Waals surface area contributed by atoms with Gasteiger partial charge in [0.1, 0.15) is 0 Å². The van der Waals surface area contributed by atoms with Gasteiger partial charge in [-0.1, -0.05) is 18.2 Å². The van der Waals surface area contributed by atoms with Crippen LogP contribution in [0, 0.1) is 6.54 Å². The average Bonchev–Trinajstić information content (AvgIpc) is 2.05. The van der Waals surface area contributed by atoms with Gasteiger partial charge in [0.05, 0.1) is 0 Å². The van der Waals surface area contributed by atoms with E-state index in [1.54, 1.807) is 0 Å². The summed E-state index contributed by atoms with van der Waals surface area (Å²) in [4.78, 5) is 0. The average molecular weight is 132 g/mol. The summed E-state index contributed by atoms with van der Waals surface area (Å²) < 4.78 is 0. The van der Waals surface area contributed by atoms with Crippen molar-refractivity contribution in [3.63, 3.8) is 0 Å². The Morgan fingerprint density at radius 1 is 1.40 bits per heavy atom. The van der Waals surface area contributed by atoms with Gasteiger partial charge in [-0.3, -0.25) is 0 Å². The van der Waals surface area contributed by atoms with Crippen LogP contribution >= 0.6 is 0 Å². The smallest absolute Gasteiger partial charge is 0.0500 e. The van der Waals surface area contributed by atoms with Crippen LogP contribution in [0.15, 0.2) is 35.6 Å².